The molecular weight excluding hydrogens is 214 g/mol. The van der Waals surface area contributed by atoms with E-state index in [1.807, 2.05) is 4.90 Å². The molecule has 2 saturated heterocycles. The molecule has 2 aliphatic rings. The van der Waals surface area contributed by atoms with Crippen molar-refractivity contribution in [2.24, 2.45) is 5.73 Å². The molecular formula is C13H25N3O. The molecule has 4 nitrogen and oxygen atoms in total. The summed E-state index contributed by atoms with van der Waals surface area (Å²) in [7, 11) is 0. The van der Waals surface area contributed by atoms with Gasteiger partial charge in [-0.25, -0.2) is 0 Å². The Morgan fingerprint density at radius 3 is 2.18 bits per heavy atom. The minimum atomic E-state index is 0.0311. The quantitative estimate of drug-likeness (QED) is 0.713. The number of carbonyl (C=O) groups excluding carboxylic acids is 1. The largest absolute Gasteiger partial charge is 0.338 e. The highest BCUT2D eigenvalue weighted by Crippen LogP contribution is 2.33. The molecule has 2 rings (SSSR count). The summed E-state index contributed by atoms with van der Waals surface area (Å²) in [6, 6.07) is 0.367. The van der Waals surface area contributed by atoms with Crippen LogP contribution in [0.3, 0.4) is 0 Å². The fourth-order valence-electron chi connectivity index (χ4n) is 3.60. The molecule has 98 valence electrons. The van der Waals surface area contributed by atoms with Crippen molar-refractivity contribution in [3.05, 3.63) is 0 Å². The Morgan fingerprint density at radius 1 is 1.24 bits per heavy atom. The van der Waals surface area contributed by atoms with E-state index in [1.54, 1.807) is 0 Å². The molecule has 2 heterocycles. The van der Waals surface area contributed by atoms with E-state index in [1.165, 1.54) is 0 Å². The zero-order valence-electron chi connectivity index (χ0n) is 11.4. The van der Waals surface area contributed by atoms with Gasteiger partial charge in [-0.3, -0.25) is 4.79 Å². The molecule has 17 heavy (non-hydrogen) atoms. The Morgan fingerprint density at radius 2 is 1.76 bits per heavy atom. The van der Waals surface area contributed by atoms with Crippen LogP contribution >= 0.6 is 0 Å². The average molecular weight is 239 g/mol. The molecule has 1 amide bonds. The molecule has 0 aliphatic carbocycles. The molecule has 0 aromatic rings. The van der Waals surface area contributed by atoms with Gasteiger partial charge < -0.3 is 16.0 Å². The third kappa shape index (κ3) is 2.80. The fraction of sp³-hybridized carbons (Fsp3) is 0.923. The second-order valence-corrected chi connectivity index (χ2v) is 6.97. The van der Waals surface area contributed by atoms with Gasteiger partial charge in [0.05, 0.1) is 0 Å². The van der Waals surface area contributed by atoms with Crippen LogP contribution in [0.25, 0.3) is 0 Å². The monoisotopic (exact) mass is 239 g/mol. The Labute approximate surface area is 104 Å². The molecule has 1 unspecified atom stereocenters. The highest BCUT2D eigenvalue weighted by atomic mass is 16.2. The summed E-state index contributed by atoms with van der Waals surface area (Å²) in [6.07, 6.45) is 2.54. The third-order valence-corrected chi connectivity index (χ3v) is 3.80. The number of carbonyl (C=O) groups is 1. The molecule has 0 spiro atoms. The molecule has 0 aromatic heterocycles. The van der Waals surface area contributed by atoms with Crippen molar-refractivity contribution in [1.29, 1.82) is 0 Å². The van der Waals surface area contributed by atoms with Crippen molar-refractivity contribution in [3.63, 3.8) is 0 Å². The molecule has 0 radical (unpaired) electrons. The fourth-order valence-corrected chi connectivity index (χ4v) is 3.60. The van der Waals surface area contributed by atoms with Crippen molar-refractivity contribution in [2.45, 2.75) is 70.1 Å². The highest BCUT2D eigenvalue weighted by molar-refractivity contribution is 5.79. The number of amides is 1. The molecule has 1 atom stereocenters. The summed E-state index contributed by atoms with van der Waals surface area (Å²) in [6.45, 7) is 9.57. The summed E-state index contributed by atoms with van der Waals surface area (Å²) in [4.78, 5) is 13.9. The predicted molar refractivity (Wildman–Crippen MR) is 68.6 cm³/mol. The number of nitrogens with zero attached hydrogens (tertiary/aromatic N) is 1. The van der Waals surface area contributed by atoms with Gasteiger partial charge in [0.1, 0.15) is 0 Å². The van der Waals surface area contributed by atoms with E-state index in [9.17, 15) is 4.79 Å². The zero-order valence-corrected chi connectivity index (χ0v) is 11.4. The van der Waals surface area contributed by atoms with Gasteiger partial charge in [0.25, 0.3) is 0 Å². The molecule has 2 aliphatic heterocycles. The normalized spacial score (nSPS) is 33.1. The van der Waals surface area contributed by atoms with Gasteiger partial charge in [0, 0.05) is 36.1 Å². The van der Waals surface area contributed by atoms with E-state index in [0.717, 1.165) is 19.4 Å². The van der Waals surface area contributed by atoms with Crippen LogP contribution < -0.4 is 11.1 Å². The summed E-state index contributed by atoms with van der Waals surface area (Å²) >= 11 is 0. The van der Waals surface area contributed by atoms with Crippen molar-refractivity contribution in [2.75, 3.05) is 6.54 Å². The van der Waals surface area contributed by atoms with E-state index >= 15 is 0 Å². The molecule has 0 saturated carbocycles. The van der Waals surface area contributed by atoms with Crippen LogP contribution in [0.4, 0.5) is 0 Å². The first-order valence-corrected chi connectivity index (χ1v) is 6.53. The second kappa shape index (κ2) is 3.95. The SMILES string of the molecule is CC1(C)CC(N2CC(N)CC2=O)CC(C)(C)N1. The van der Waals surface area contributed by atoms with Crippen molar-refractivity contribution >= 4 is 5.91 Å². The van der Waals surface area contributed by atoms with Gasteiger partial charge in [0.2, 0.25) is 5.91 Å². The summed E-state index contributed by atoms with van der Waals surface area (Å²) in [5.41, 5.74) is 6.04. The van der Waals surface area contributed by atoms with E-state index in [0.29, 0.717) is 12.5 Å². The van der Waals surface area contributed by atoms with Crippen LogP contribution in [-0.2, 0) is 4.79 Å². The standard InChI is InChI=1S/C13H25N3O/c1-12(2)6-10(7-13(3,4)15-12)16-8-9(14)5-11(16)17/h9-10,15H,5-8,14H2,1-4H3. The Bertz CT molecular complexity index is 309. The Balaban J connectivity index is 2.13. The van der Waals surface area contributed by atoms with Crippen LogP contribution in [0.5, 0.6) is 0 Å². The average Bonchev–Trinajstić information content (AvgIpc) is 2.39. The van der Waals surface area contributed by atoms with Crippen molar-refractivity contribution < 1.29 is 4.79 Å². The van der Waals surface area contributed by atoms with E-state index in [-0.39, 0.29) is 23.0 Å². The van der Waals surface area contributed by atoms with Crippen LogP contribution in [0, 0.1) is 0 Å². The lowest BCUT2D eigenvalue weighted by Crippen LogP contribution is -2.62. The lowest BCUT2D eigenvalue weighted by atomic mass is 9.79. The number of nitrogens with two attached hydrogens (primary N) is 1. The van der Waals surface area contributed by atoms with E-state index < -0.39 is 0 Å². The van der Waals surface area contributed by atoms with Crippen LogP contribution in [0.1, 0.15) is 47.0 Å². The first-order valence-electron chi connectivity index (χ1n) is 6.53. The molecule has 2 fully saturated rings. The molecule has 3 N–H and O–H groups in total. The van der Waals surface area contributed by atoms with Gasteiger partial charge in [-0.2, -0.15) is 0 Å². The maximum Gasteiger partial charge on any atom is 0.224 e. The van der Waals surface area contributed by atoms with Gasteiger partial charge in [-0.05, 0) is 40.5 Å². The van der Waals surface area contributed by atoms with Gasteiger partial charge in [-0.15, -0.1) is 0 Å². The van der Waals surface area contributed by atoms with E-state index in [4.69, 9.17) is 5.73 Å². The topological polar surface area (TPSA) is 58.4 Å². The number of likely N-dealkylation sites (tertiary alicyclic amines) is 1. The number of nitrogens with one attached hydrogen (secondary N) is 1. The highest BCUT2D eigenvalue weighted by Gasteiger charge is 2.43. The van der Waals surface area contributed by atoms with Crippen LogP contribution in [-0.4, -0.2) is 40.5 Å². The summed E-state index contributed by atoms with van der Waals surface area (Å²) in [5, 5.41) is 3.64. The molecule has 0 bridgehead atoms. The van der Waals surface area contributed by atoms with Gasteiger partial charge in [0.15, 0.2) is 0 Å². The first-order chi connectivity index (χ1) is 7.69. The van der Waals surface area contributed by atoms with E-state index in [2.05, 4.69) is 33.0 Å². The van der Waals surface area contributed by atoms with Gasteiger partial charge >= 0.3 is 0 Å². The van der Waals surface area contributed by atoms with Gasteiger partial charge in [-0.1, -0.05) is 0 Å². The summed E-state index contributed by atoms with van der Waals surface area (Å²) < 4.78 is 0. The second-order valence-electron chi connectivity index (χ2n) is 6.97. The maximum absolute atomic E-state index is 11.9. The van der Waals surface area contributed by atoms with Crippen LogP contribution in [0.2, 0.25) is 0 Å². The Hall–Kier alpha value is -0.610. The minimum Gasteiger partial charge on any atom is -0.338 e. The number of hydrogen-bond acceptors (Lipinski definition) is 3. The van der Waals surface area contributed by atoms with Crippen molar-refractivity contribution in [1.82, 2.24) is 10.2 Å². The lowest BCUT2D eigenvalue weighted by Gasteiger charge is -2.49. The first kappa shape index (κ1) is 12.8. The Kier molecular flexibility index (Phi) is 2.99. The lowest BCUT2D eigenvalue weighted by molar-refractivity contribution is -0.131. The minimum absolute atomic E-state index is 0.0311. The number of piperidine rings is 1. The number of hydrogen-bond donors (Lipinski definition) is 2. The van der Waals surface area contributed by atoms with Crippen LogP contribution in [0.15, 0.2) is 0 Å². The third-order valence-electron chi connectivity index (χ3n) is 3.80. The zero-order chi connectivity index (χ0) is 12.8. The number of rotatable bonds is 1. The molecule has 4 heteroatoms. The maximum atomic E-state index is 11.9. The predicted octanol–water partition coefficient (Wildman–Crippen LogP) is 0.855. The summed E-state index contributed by atoms with van der Waals surface area (Å²) in [5.74, 6) is 0.232. The molecule has 0 aromatic carbocycles. The smallest absolute Gasteiger partial charge is 0.224 e. The van der Waals surface area contributed by atoms with Crippen molar-refractivity contribution in [3.8, 4) is 0 Å².